The molecular weight excluding hydrogens is 256 g/mol. The third-order valence-corrected chi connectivity index (χ3v) is 3.02. The molecule has 0 spiro atoms. The highest BCUT2D eigenvalue weighted by atomic mass is 16.5. The average Bonchev–Trinajstić information content (AvgIpc) is 2.45. The fourth-order valence-corrected chi connectivity index (χ4v) is 1.93. The summed E-state index contributed by atoms with van der Waals surface area (Å²) < 4.78 is 5.13. The number of carboxylic acid groups (broad SMARTS) is 1. The van der Waals surface area contributed by atoms with Crippen LogP contribution in [-0.4, -0.2) is 23.2 Å². The third-order valence-electron chi connectivity index (χ3n) is 3.02. The highest BCUT2D eigenvalue weighted by Gasteiger charge is 2.21. The van der Waals surface area contributed by atoms with E-state index >= 15 is 0 Å². The summed E-state index contributed by atoms with van der Waals surface area (Å²) >= 11 is 0. The number of aromatic nitrogens is 1. The summed E-state index contributed by atoms with van der Waals surface area (Å²) in [6.45, 7) is 1.86. The molecule has 0 aliphatic heterocycles. The summed E-state index contributed by atoms with van der Waals surface area (Å²) in [5.41, 5.74) is 2.20. The van der Waals surface area contributed by atoms with Crippen LogP contribution < -0.4 is 10.1 Å². The maximum absolute atomic E-state index is 11.5. The van der Waals surface area contributed by atoms with Gasteiger partial charge in [0.2, 0.25) is 0 Å². The lowest BCUT2D eigenvalue weighted by atomic mass is 10.0. The Hall–Kier alpha value is -2.56. The van der Waals surface area contributed by atoms with Crippen LogP contribution in [-0.2, 0) is 4.79 Å². The van der Waals surface area contributed by atoms with Gasteiger partial charge in [-0.05, 0) is 30.7 Å². The van der Waals surface area contributed by atoms with Crippen LogP contribution in [0.4, 0.5) is 5.69 Å². The molecule has 0 aliphatic rings. The smallest absolute Gasteiger partial charge is 0.330 e. The first-order valence-electron chi connectivity index (χ1n) is 6.15. The summed E-state index contributed by atoms with van der Waals surface area (Å²) in [5.74, 6) is -0.286. The fourth-order valence-electron chi connectivity index (χ4n) is 1.93. The lowest BCUT2D eigenvalue weighted by Crippen LogP contribution is -2.21. The predicted octanol–water partition coefficient (Wildman–Crippen LogP) is 2.64. The number of hydrogen-bond donors (Lipinski definition) is 2. The Morgan fingerprint density at radius 1 is 1.40 bits per heavy atom. The molecule has 0 saturated carbocycles. The summed E-state index contributed by atoms with van der Waals surface area (Å²) in [6, 6.07) is 8.09. The number of pyridine rings is 1. The van der Waals surface area contributed by atoms with Crippen LogP contribution in [0.15, 0.2) is 42.7 Å². The first-order valence-corrected chi connectivity index (χ1v) is 6.15. The van der Waals surface area contributed by atoms with Crippen LogP contribution >= 0.6 is 0 Å². The van der Waals surface area contributed by atoms with Gasteiger partial charge in [-0.2, -0.15) is 0 Å². The number of rotatable bonds is 5. The number of carbonyl (C=O) groups is 1. The second-order valence-corrected chi connectivity index (χ2v) is 4.38. The molecule has 1 unspecified atom stereocenters. The Kier molecular flexibility index (Phi) is 4.20. The summed E-state index contributed by atoms with van der Waals surface area (Å²) in [6.07, 6.45) is 3.21. The maximum Gasteiger partial charge on any atom is 0.330 e. The number of aliphatic carboxylic acids is 1. The van der Waals surface area contributed by atoms with Crippen LogP contribution in [0.5, 0.6) is 5.75 Å². The van der Waals surface area contributed by atoms with E-state index in [9.17, 15) is 9.90 Å². The van der Waals surface area contributed by atoms with Crippen molar-refractivity contribution in [3.8, 4) is 5.75 Å². The van der Waals surface area contributed by atoms with Gasteiger partial charge in [0.1, 0.15) is 5.75 Å². The molecule has 0 amide bonds. The Bertz CT molecular complexity index is 614. The molecule has 1 atom stereocenters. The van der Waals surface area contributed by atoms with Gasteiger partial charge in [-0.3, -0.25) is 4.98 Å². The molecule has 1 aromatic heterocycles. The molecule has 2 N–H and O–H groups in total. The minimum absolute atomic E-state index is 0.641. The molecule has 0 fully saturated rings. The Morgan fingerprint density at radius 2 is 2.20 bits per heavy atom. The second kappa shape index (κ2) is 6.06. The average molecular weight is 272 g/mol. The molecule has 0 aliphatic carbocycles. The third kappa shape index (κ3) is 3.06. The van der Waals surface area contributed by atoms with Crippen molar-refractivity contribution >= 4 is 11.7 Å². The van der Waals surface area contributed by atoms with E-state index in [4.69, 9.17) is 4.74 Å². The minimum atomic E-state index is -0.955. The predicted molar refractivity (Wildman–Crippen MR) is 76.0 cm³/mol. The highest BCUT2D eigenvalue weighted by Crippen LogP contribution is 2.24. The minimum Gasteiger partial charge on any atom is -0.497 e. The van der Waals surface area contributed by atoms with Crippen LogP contribution in [0.25, 0.3) is 0 Å². The van der Waals surface area contributed by atoms with Gasteiger partial charge in [0.05, 0.1) is 7.11 Å². The Morgan fingerprint density at radius 3 is 2.85 bits per heavy atom. The number of nitrogens with zero attached hydrogens (tertiary/aromatic N) is 1. The van der Waals surface area contributed by atoms with Crippen molar-refractivity contribution in [1.82, 2.24) is 4.98 Å². The van der Waals surface area contributed by atoms with Crippen molar-refractivity contribution in [2.45, 2.75) is 13.0 Å². The SMILES string of the molecule is COc1cccc(NC(C(=O)O)c2cnccc2C)c1. The largest absolute Gasteiger partial charge is 0.497 e. The number of anilines is 1. The molecule has 5 nitrogen and oxygen atoms in total. The van der Waals surface area contributed by atoms with E-state index in [1.165, 1.54) is 0 Å². The standard InChI is InChI=1S/C15H16N2O3/c1-10-6-7-16-9-13(10)14(15(18)19)17-11-4-3-5-12(8-11)20-2/h3-9,14,17H,1-2H3,(H,18,19). The monoisotopic (exact) mass is 272 g/mol. The summed E-state index contributed by atoms with van der Waals surface area (Å²) in [7, 11) is 1.57. The molecule has 1 aromatic carbocycles. The van der Waals surface area contributed by atoms with Crippen LogP contribution in [0.1, 0.15) is 17.2 Å². The van der Waals surface area contributed by atoms with E-state index in [0.717, 1.165) is 5.56 Å². The van der Waals surface area contributed by atoms with Crippen molar-refractivity contribution in [3.63, 3.8) is 0 Å². The van der Waals surface area contributed by atoms with Crippen molar-refractivity contribution in [2.75, 3.05) is 12.4 Å². The first kappa shape index (κ1) is 13.9. The van der Waals surface area contributed by atoms with Gasteiger partial charge in [-0.15, -0.1) is 0 Å². The van der Waals surface area contributed by atoms with Gasteiger partial charge >= 0.3 is 5.97 Å². The van der Waals surface area contributed by atoms with Gasteiger partial charge in [0, 0.05) is 29.7 Å². The quantitative estimate of drug-likeness (QED) is 0.875. The molecule has 2 rings (SSSR count). The maximum atomic E-state index is 11.5. The van der Waals surface area contributed by atoms with Crippen molar-refractivity contribution in [3.05, 3.63) is 53.9 Å². The molecule has 5 heteroatoms. The molecule has 0 bridgehead atoms. The summed E-state index contributed by atoms with van der Waals surface area (Å²) in [4.78, 5) is 15.5. The molecule has 20 heavy (non-hydrogen) atoms. The number of ether oxygens (including phenoxy) is 1. The fraction of sp³-hybridized carbons (Fsp3) is 0.200. The van der Waals surface area contributed by atoms with Crippen LogP contribution in [0.3, 0.4) is 0 Å². The number of benzene rings is 1. The summed E-state index contributed by atoms with van der Waals surface area (Å²) in [5, 5.41) is 12.4. The number of methoxy groups -OCH3 is 1. The zero-order chi connectivity index (χ0) is 14.5. The van der Waals surface area contributed by atoms with E-state index in [2.05, 4.69) is 10.3 Å². The molecule has 1 heterocycles. The lowest BCUT2D eigenvalue weighted by Gasteiger charge is -2.18. The number of carboxylic acids is 1. The van der Waals surface area contributed by atoms with Gasteiger partial charge in [0.25, 0.3) is 0 Å². The van der Waals surface area contributed by atoms with Crippen molar-refractivity contribution in [1.29, 1.82) is 0 Å². The van der Waals surface area contributed by atoms with Gasteiger partial charge in [-0.25, -0.2) is 4.79 Å². The Labute approximate surface area is 117 Å². The number of hydrogen-bond acceptors (Lipinski definition) is 4. The molecular formula is C15H16N2O3. The molecule has 104 valence electrons. The molecule has 0 radical (unpaired) electrons. The Balaban J connectivity index is 2.31. The van der Waals surface area contributed by atoms with E-state index in [1.807, 2.05) is 6.92 Å². The van der Waals surface area contributed by atoms with E-state index in [-0.39, 0.29) is 0 Å². The normalized spacial score (nSPS) is 11.7. The van der Waals surface area contributed by atoms with Crippen molar-refractivity contribution < 1.29 is 14.6 Å². The highest BCUT2D eigenvalue weighted by molar-refractivity contribution is 5.79. The van der Waals surface area contributed by atoms with E-state index in [0.29, 0.717) is 17.0 Å². The van der Waals surface area contributed by atoms with Gasteiger partial charge in [-0.1, -0.05) is 6.07 Å². The van der Waals surface area contributed by atoms with Crippen molar-refractivity contribution in [2.24, 2.45) is 0 Å². The van der Waals surface area contributed by atoms with E-state index in [1.54, 1.807) is 49.8 Å². The van der Waals surface area contributed by atoms with E-state index < -0.39 is 12.0 Å². The zero-order valence-corrected chi connectivity index (χ0v) is 11.3. The number of aryl methyl sites for hydroxylation is 1. The first-order chi connectivity index (χ1) is 9.61. The topological polar surface area (TPSA) is 71.5 Å². The van der Waals surface area contributed by atoms with Gasteiger partial charge < -0.3 is 15.2 Å². The second-order valence-electron chi connectivity index (χ2n) is 4.38. The van der Waals surface area contributed by atoms with Crippen LogP contribution in [0, 0.1) is 6.92 Å². The molecule has 2 aromatic rings. The van der Waals surface area contributed by atoms with Crippen LogP contribution in [0.2, 0.25) is 0 Å². The lowest BCUT2D eigenvalue weighted by molar-refractivity contribution is -0.138. The number of nitrogens with one attached hydrogen (secondary N) is 1. The van der Waals surface area contributed by atoms with Gasteiger partial charge in [0.15, 0.2) is 6.04 Å². The zero-order valence-electron chi connectivity index (χ0n) is 11.3. The molecule has 0 saturated heterocycles.